The molecule has 0 radical (unpaired) electrons. The van der Waals surface area contributed by atoms with Crippen LogP contribution in [0, 0.1) is 11.3 Å². The van der Waals surface area contributed by atoms with E-state index in [9.17, 15) is 10.1 Å². The average Bonchev–Trinajstić information content (AvgIpc) is 3.02. The van der Waals surface area contributed by atoms with Gasteiger partial charge in [0.25, 0.3) is 0 Å². The van der Waals surface area contributed by atoms with Crippen molar-refractivity contribution in [3.05, 3.63) is 83.1 Å². The highest BCUT2D eigenvalue weighted by Crippen LogP contribution is 2.33. The average molecular weight is 331 g/mol. The molecule has 124 valence electrons. The summed E-state index contributed by atoms with van der Waals surface area (Å²) in [5.41, 5.74) is 2.17. The molecule has 0 atom stereocenters. The second kappa shape index (κ2) is 7.50. The first kappa shape index (κ1) is 16.5. The topological polar surface area (TPSA) is 63.2 Å². The van der Waals surface area contributed by atoms with Crippen LogP contribution < -0.4 is 0 Å². The van der Waals surface area contributed by atoms with E-state index in [1.165, 1.54) is 0 Å². The number of hydrogen-bond acceptors (Lipinski definition) is 4. The lowest BCUT2D eigenvalue weighted by atomic mass is 10.0. The molecule has 0 spiro atoms. The maximum atomic E-state index is 12.5. The van der Waals surface area contributed by atoms with Crippen LogP contribution in [-0.4, -0.2) is 12.6 Å². The molecular formula is C21H17NO3. The van der Waals surface area contributed by atoms with Crippen LogP contribution >= 0.6 is 0 Å². The van der Waals surface area contributed by atoms with E-state index < -0.39 is 5.97 Å². The summed E-state index contributed by atoms with van der Waals surface area (Å²) >= 11 is 0. The summed E-state index contributed by atoms with van der Waals surface area (Å²) in [6.45, 7) is 1.97. The van der Waals surface area contributed by atoms with Gasteiger partial charge in [-0.1, -0.05) is 60.7 Å². The number of carbonyl (C=O) groups excluding carboxylic acids is 1. The lowest BCUT2D eigenvalue weighted by Gasteiger charge is -2.03. The molecule has 4 nitrogen and oxygen atoms in total. The van der Waals surface area contributed by atoms with Crippen LogP contribution in [0.4, 0.5) is 0 Å². The lowest BCUT2D eigenvalue weighted by molar-refractivity contribution is 0.0526. The van der Waals surface area contributed by atoms with E-state index in [1.807, 2.05) is 60.7 Å². The van der Waals surface area contributed by atoms with E-state index >= 15 is 0 Å². The summed E-state index contributed by atoms with van der Waals surface area (Å²) in [7, 11) is 0. The molecule has 0 fully saturated rings. The smallest absolute Gasteiger partial charge is 0.343 e. The van der Waals surface area contributed by atoms with Gasteiger partial charge in [0.05, 0.1) is 6.61 Å². The van der Waals surface area contributed by atoms with E-state index in [-0.39, 0.29) is 17.7 Å². The molecule has 3 rings (SSSR count). The third kappa shape index (κ3) is 3.46. The van der Waals surface area contributed by atoms with Crippen molar-refractivity contribution in [2.45, 2.75) is 13.3 Å². The molecular weight excluding hydrogens is 314 g/mol. The van der Waals surface area contributed by atoms with E-state index in [0.29, 0.717) is 17.9 Å². The number of carbonyl (C=O) groups is 1. The van der Waals surface area contributed by atoms with Crippen LogP contribution in [0.2, 0.25) is 0 Å². The van der Waals surface area contributed by atoms with Gasteiger partial charge in [-0.25, -0.2) is 4.79 Å². The van der Waals surface area contributed by atoms with Gasteiger partial charge in [0.15, 0.2) is 0 Å². The van der Waals surface area contributed by atoms with Crippen LogP contribution in [0.25, 0.3) is 11.3 Å². The summed E-state index contributed by atoms with van der Waals surface area (Å²) < 4.78 is 11.1. The summed E-state index contributed by atoms with van der Waals surface area (Å²) in [6.07, 6.45) is 0.434. The van der Waals surface area contributed by atoms with Crippen molar-refractivity contribution in [3.8, 4) is 17.4 Å². The molecule has 0 aliphatic rings. The van der Waals surface area contributed by atoms with Gasteiger partial charge in [0.1, 0.15) is 28.7 Å². The number of nitriles is 1. The van der Waals surface area contributed by atoms with Gasteiger partial charge in [0, 0.05) is 12.0 Å². The van der Waals surface area contributed by atoms with Crippen molar-refractivity contribution < 1.29 is 13.9 Å². The van der Waals surface area contributed by atoms with Gasteiger partial charge in [-0.15, -0.1) is 0 Å². The first-order valence-corrected chi connectivity index (χ1v) is 8.06. The summed E-state index contributed by atoms with van der Waals surface area (Å²) in [5, 5.41) is 9.64. The van der Waals surface area contributed by atoms with Crippen molar-refractivity contribution >= 4 is 5.97 Å². The Morgan fingerprint density at radius 3 is 2.32 bits per heavy atom. The monoisotopic (exact) mass is 331 g/mol. The highest BCUT2D eigenvalue weighted by Gasteiger charge is 2.27. The van der Waals surface area contributed by atoms with Crippen molar-refractivity contribution in [1.29, 1.82) is 5.26 Å². The fourth-order valence-corrected chi connectivity index (χ4v) is 2.69. The molecule has 0 aliphatic carbocycles. The Balaban J connectivity index is 2.14. The zero-order valence-corrected chi connectivity index (χ0v) is 13.9. The Hall–Kier alpha value is -3.32. The van der Waals surface area contributed by atoms with Crippen LogP contribution in [0.1, 0.15) is 34.2 Å². The Kier molecular flexibility index (Phi) is 4.96. The zero-order chi connectivity index (χ0) is 17.6. The largest absolute Gasteiger partial charge is 0.462 e. The SMILES string of the molecule is CCOC(=O)c1c(-c2ccccc2)oc(Cc2ccccc2)c1C#N. The quantitative estimate of drug-likeness (QED) is 0.642. The molecule has 4 heteroatoms. The summed E-state index contributed by atoms with van der Waals surface area (Å²) in [4.78, 5) is 12.5. The minimum Gasteiger partial charge on any atom is -0.462 e. The molecule has 0 amide bonds. The van der Waals surface area contributed by atoms with Gasteiger partial charge >= 0.3 is 5.97 Å². The number of rotatable bonds is 5. The zero-order valence-electron chi connectivity index (χ0n) is 13.9. The van der Waals surface area contributed by atoms with Gasteiger partial charge in [-0.05, 0) is 12.5 Å². The van der Waals surface area contributed by atoms with Gasteiger partial charge < -0.3 is 9.15 Å². The second-order valence-electron chi connectivity index (χ2n) is 5.47. The fraction of sp³-hybridized carbons (Fsp3) is 0.143. The number of ether oxygens (including phenoxy) is 1. The minimum absolute atomic E-state index is 0.196. The van der Waals surface area contributed by atoms with Crippen LogP contribution in [0.3, 0.4) is 0 Å². The molecule has 25 heavy (non-hydrogen) atoms. The number of nitrogens with zero attached hydrogens (tertiary/aromatic N) is 1. The molecule has 3 aromatic rings. The maximum Gasteiger partial charge on any atom is 0.343 e. The Bertz CT molecular complexity index is 906. The van der Waals surface area contributed by atoms with E-state index in [1.54, 1.807) is 6.92 Å². The Morgan fingerprint density at radius 2 is 1.72 bits per heavy atom. The summed E-state index contributed by atoms with van der Waals surface area (Å²) in [5.74, 6) is 0.304. The molecule has 0 bridgehead atoms. The highest BCUT2D eigenvalue weighted by molar-refractivity contribution is 5.99. The number of hydrogen-bond donors (Lipinski definition) is 0. The fourth-order valence-electron chi connectivity index (χ4n) is 2.69. The Morgan fingerprint density at radius 1 is 1.08 bits per heavy atom. The third-order valence-corrected chi connectivity index (χ3v) is 3.82. The normalized spacial score (nSPS) is 10.2. The first-order chi connectivity index (χ1) is 12.2. The second-order valence-corrected chi connectivity index (χ2v) is 5.47. The number of furan rings is 1. The van der Waals surface area contributed by atoms with E-state index in [0.717, 1.165) is 11.1 Å². The molecule has 0 aliphatic heterocycles. The van der Waals surface area contributed by atoms with Gasteiger partial charge in [0.2, 0.25) is 0 Å². The molecule has 1 heterocycles. The molecule has 0 saturated carbocycles. The minimum atomic E-state index is -0.541. The lowest BCUT2D eigenvalue weighted by Crippen LogP contribution is -2.07. The van der Waals surface area contributed by atoms with E-state index in [2.05, 4.69) is 6.07 Å². The Labute approximate surface area is 146 Å². The van der Waals surface area contributed by atoms with E-state index in [4.69, 9.17) is 9.15 Å². The van der Waals surface area contributed by atoms with Crippen LogP contribution in [0.15, 0.2) is 65.1 Å². The number of benzene rings is 2. The predicted molar refractivity (Wildman–Crippen MR) is 94.1 cm³/mol. The molecule has 0 N–H and O–H groups in total. The molecule has 2 aromatic carbocycles. The van der Waals surface area contributed by atoms with Crippen molar-refractivity contribution in [3.63, 3.8) is 0 Å². The molecule has 0 saturated heterocycles. The third-order valence-electron chi connectivity index (χ3n) is 3.82. The summed E-state index contributed by atoms with van der Waals surface area (Å²) in [6, 6.07) is 21.1. The van der Waals surface area contributed by atoms with Crippen molar-refractivity contribution in [1.82, 2.24) is 0 Å². The van der Waals surface area contributed by atoms with Crippen molar-refractivity contribution in [2.24, 2.45) is 0 Å². The predicted octanol–water partition coefficient (Wildman–Crippen LogP) is 4.59. The van der Waals surface area contributed by atoms with Crippen LogP contribution in [0.5, 0.6) is 0 Å². The maximum absolute atomic E-state index is 12.5. The first-order valence-electron chi connectivity index (χ1n) is 8.06. The molecule has 1 aromatic heterocycles. The van der Waals surface area contributed by atoms with Crippen molar-refractivity contribution in [2.75, 3.05) is 6.61 Å². The van der Waals surface area contributed by atoms with Crippen LogP contribution in [-0.2, 0) is 11.2 Å². The standard InChI is InChI=1S/C21H17NO3/c1-2-24-21(23)19-17(14-22)18(13-15-9-5-3-6-10-15)25-20(19)16-11-7-4-8-12-16/h3-12H,2,13H2,1H3. The molecule has 0 unspecified atom stereocenters. The highest BCUT2D eigenvalue weighted by atomic mass is 16.5. The van der Waals surface area contributed by atoms with Gasteiger partial charge in [-0.3, -0.25) is 0 Å². The van der Waals surface area contributed by atoms with Gasteiger partial charge in [-0.2, -0.15) is 5.26 Å². The number of esters is 1.